The summed E-state index contributed by atoms with van der Waals surface area (Å²) in [5.41, 5.74) is 5.12. The van der Waals surface area contributed by atoms with Crippen LogP contribution in [0.15, 0.2) is 18.2 Å². The van der Waals surface area contributed by atoms with Gasteiger partial charge in [-0.3, -0.25) is 4.79 Å². The van der Waals surface area contributed by atoms with Crippen molar-refractivity contribution in [3.63, 3.8) is 0 Å². The van der Waals surface area contributed by atoms with Crippen LogP contribution in [-0.4, -0.2) is 12.3 Å². The van der Waals surface area contributed by atoms with Gasteiger partial charge in [-0.25, -0.2) is 8.78 Å². The molecule has 1 aliphatic rings. The average molecular weight is 241 g/mol. The lowest BCUT2D eigenvalue weighted by Crippen LogP contribution is -2.22. The van der Waals surface area contributed by atoms with Crippen molar-refractivity contribution in [3.05, 3.63) is 35.4 Å². The number of carbonyl (C=O) groups is 1. The van der Waals surface area contributed by atoms with E-state index in [1.54, 1.807) is 0 Å². The molecule has 0 spiro atoms. The summed E-state index contributed by atoms with van der Waals surface area (Å²) in [5.74, 6) is -1.65. The number of hydrogen-bond donors (Lipinski definition) is 1. The van der Waals surface area contributed by atoms with E-state index >= 15 is 0 Å². The minimum Gasteiger partial charge on any atom is -0.328 e. The Morgan fingerprint density at radius 2 is 1.65 bits per heavy atom. The van der Waals surface area contributed by atoms with Gasteiger partial charge in [-0.05, 0) is 25.0 Å². The zero-order valence-corrected chi connectivity index (χ0v) is 9.66. The molecule has 0 aliphatic heterocycles. The molecule has 1 aliphatic carbocycles. The molecule has 0 atom stereocenters. The maximum Gasteiger partial charge on any atom is 0.155 e. The number of benzene rings is 1. The topological polar surface area (TPSA) is 43.1 Å². The van der Waals surface area contributed by atoms with Gasteiger partial charge in [-0.15, -0.1) is 0 Å². The van der Waals surface area contributed by atoms with E-state index in [1.807, 2.05) is 0 Å². The summed E-state index contributed by atoms with van der Waals surface area (Å²) in [7, 11) is 0. The molecule has 0 heterocycles. The summed E-state index contributed by atoms with van der Waals surface area (Å²) in [6.07, 6.45) is 6.82. The lowest BCUT2D eigenvalue weighted by molar-refractivity contribution is 0.111. The Morgan fingerprint density at radius 1 is 1.12 bits per heavy atom. The SMILES string of the molecule is NC1CCCCC1.O=Cc1c(F)cccc1F. The Balaban J connectivity index is 0.000000181. The van der Waals surface area contributed by atoms with Gasteiger partial charge in [0.1, 0.15) is 11.6 Å². The zero-order chi connectivity index (χ0) is 12.7. The van der Waals surface area contributed by atoms with E-state index in [-0.39, 0.29) is 6.29 Å². The molecule has 17 heavy (non-hydrogen) atoms. The van der Waals surface area contributed by atoms with Crippen LogP contribution in [0.2, 0.25) is 0 Å². The average Bonchev–Trinajstić information content (AvgIpc) is 2.31. The molecule has 2 rings (SSSR count). The fraction of sp³-hybridized carbons (Fsp3) is 0.462. The first-order chi connectivity index (χ1) is 8.15. The fourth-order valence-electron chi connectivity index (χ4n) is 1.76. The summed E-state index contributed by atoms with van der Waals surface area (Å²) in [6.45, 7) is 0. The third kappa shape index (κ3) is 4.61. The van der Waals surface area contributed by atoms with E-state index in [0.717, 1.165) is 12.1 Å². The van der Waals surface area contributed by atoms with Gasteiger partial charge in [0.2, 0.25) is 0 Å². The quantitative estimate of drug-likeness (QED) is 0.768. The van der Waals surface area contributed by atoms with Crippen LogP contribution in [0.25, 0.3) is 0 Å². The second kappa shape index (κ2) is 7.12. The van der Waals surface area contributed by atoms with Crippen molar-refractivity contribution in [2.24, 2.45) is 5.73 Å². The second-order valence-electron chi connectivity index (χ2n) is 4.15. The smallest absolute Gasteiger partial charge is 0.155 e. The number of halogens is 2. The standard InChI is InChI=1S/C7H4F2O.C6H13N/c8-6-2-1-3-7(9)5(6)4-10;7-6-4-2-1-3-5-6/h1-4H;6H,1-5,7H2. The van der Waals surface area contributed by atoms with Crippen LogP contribution >= 0.6 is 0 Å². The number of carbonyl (C=O) groups excluding carboxylic acids is 1. The lowest BCUT2D eigenvalue weighted by atomic mass is 9.97. The molecular weight excluding hydrogens is 224 g/mol. The molecule has 0 bridgehead atoms. The van der Waals surface area contributed by atoms with Gasteiger partial charge in [0, 0.05) is 6.04 Å². The second-order valence-corrected chi connectivity index (χ2v) is 4.15. The molecular formula is C13H17F2NO. The van der Waals surface area contributed by atoms with E-state index in [9.17, 15) is 13.6 Å². The maximum absolute atomic E-state index is 12.4. The molecule has 0 unspecified atom stereocenters. The summed E-state index contributed by atoms with van der Waals surface area (Å²) >= 11 is 0. The molecule has 1 saturated carbocycles. The Hall–Kier alpha value is -1.29. The van der Waals surface area contributed by atoms with Crippen molar-refractivity contribution in [2.75, 3.05) is 0 Å². The largest absolute Gasteiger partial charge is 0.328 e. The van der Waals surface area contributed by atoms with E-state index in [0.29, 0.717) is 6.04 Å². The van der Waals surface area contributed by atoms with Gasteiger partial charge in [0.25, 0.3) is 0 Å². The van der Waals surface area contributed by atoms with E-state index in [4.69, 9.17) is 5.73 Å². The van der Waals surface area contributed by atoms with Crippen LogP contribution in [0.3, 0.4) is 0 Å². The number of hydrogen-bond acceptors (Lipinski definition) is 2. The monoisotopic (exact) mass is 241 g/mol. The molecule has 0 amide bonds. The fourth-order valence-corrected chi connectivity index (χ4v) is 1.76. The molecule has 0 radical (unpaired) electrons. The van der Waals surface area contributed by atoms with Crippen LogP contribution in [0.5, 0.6) is 0 Å². The Bertz CT molecular complexity index is 342. The van der Waals surface area contributed by atoms with Gasteiger partial charge < -0.3 is 5.73 Å². The zero-order valence-electron chi connectivity index (χ0n) is 9.66. The summed E-state index contributed by atoms with van der Waals surface area (Å²) in [6, 6.07) is 3.81. The Labute approximate surface area is 99.8 Å². The van der Waals surface area contributed by atoms with E-state index in [2.05, 4.69) is 0 Å². The third-order valence-corrected chi connectivity index (χ3v) is 2.77. The van der Waals surface area contributed by atoms with Crippen LogP contribution in [0, 0.1) is 11.6 Å². The molecule has 4 heteroatoms. The predicted octanol–water partition coefficient (Wildman–Crippen LogP) is 3.06. The van der Waals surface area contributed by atoms with Crippen molar-refractivity contribution in [3.8, 4) is 0 Å². The van der Waals surface area contributed by atoms with Crippen molar-refractivity contribution < 1.29 is 13.6 Å². The highest BCUT2D eigenvalue weighted by atomic mass is 19.1. The highest BCUT2D eigenvalue weighted by Gasteiger charge is 2.06. The van der Waals surface area contributed by atoms with Gasteiger partial charge in [-0.1, -0.05) is 25.3 Å². The van der Waals surface area contributed by atoms with Crippen molar-refractivity contribution in [1.29, 1.82) is 0 Å². The molecule has 2 nitrogen and oxygen atoms in total. The molecule has 1 aromatic carbocycles. The first-order valence-corrected chi connectivity index (χ1v) is 5.80. The van der Waals surface area contributed by atoms with Crippen LogP contribution < -0.4 is 5.73 Å². The summed E-state index contributed by atoms with van der Waals surface area (Å²) in [5, 5.41) is 0. The van der Waals surface area contributed by atoms with Crippen LogP contribution in [0.1, 0.15) is 42.5 Å². The van der Waals surface area contributed by atoms with Crippen LogP contribution in [-0.2, 0) is 0 Å². The maximum atomic E-state index is 12.4. The lowest BCUT2D eigenvalue weighted by Gasteiger charge is -2.15. The summed E-state index contributed by atoms with van der Waals surface area (Å²) < 4.78 is 24.8. The molecule has 2 N–H and O–H groups in total. The van der Waals surface area contributed by atoms with Crippen molar-refractivity contribution in [2.45, 2.75) is 38.1 Å². The summed E-state index contributed by atoms with van der Waals surface area (Å²) in [4.78, 5) is 9.97. The third-order valence-electron chi connectivity index (χ3n) is 2.77. The van der Waals surface area contributed by atoms with Gasteiger partial charge in [0.05, 0.1) is 5.56 Å². The minimum atomic E-state index is -0.824. The number of aldehydes is 1. The molecule has 0 saturated heterocycles. The van der Waals surface area contributed by atoms with Crippen molar-refractivity contribution >= 4 is 6.29 Å². The van der Waals surface area contributed by atoms with E-state index < -0.39 is 17.2 Å². The molecule has 1 fully saturated rings. The molecule has 1 aromatic rings. The number of rotatable bonds is 1. The van der Waals surface area contributed by atoms with E-state index in [1.165, 1.54) is 38.2 Å². The van der Waals surface area contributed by atoms with Gasteiger partial charge >= 0.3 is 0 Å². The van der Waals surface area contributed by atoms with Crippen molar-refractivity contribution in [1.82, 2.24) is 0 Å². The highest BCUT2D eigenvalue weighted by molar-refractivity contribution is 5.75. The number of nitrogens with two attached hydrogens (primary N) is 1. The normalized spacial score (nSPS) is 15.9. The highest BCUT2D eigenvalue weighted by Crippen LogP contribution is 2.14. The van der Waals surface area contributed by atoms with Gasteiger partial charge in [-0.2, -0.15) is 0 Å². The molecule has 94 valence electrons. The first-order valence-electron chi connectivity index (χ1n) is 5.80. The van der Waals surface area contributed by atoms with Crippen LogP contribution in [0.4, 0.5) is 8.78 Å². The minimum absolute atomic E-state index is 0.157. The van der Waals surface area contributed by atoms with Gasteiger partial charge in [0.15, 0.2) is 6.29 Å². The Kier molecular flexibility index (Phi) is 5.77. The first kappa shape index (κ1) is 13.8. The Morgan fingerprint density at radius 3 is 1.94 bits per heavy atom. The predicted molar refractivity (Wildman–Crippen MR) is 62.8 cm³/mol. The molecule has 0 aromatic heterocycles.